The van der Waals surface area contributed by atoms with E-state index in [0.717, 1.165) is 0 Å². The highest BCUT2D eigenvalue weighted by Gasteiger charge is 2.05. The van der Waals surface area contributed by atoms with Gasteiger partial charge in [-0.1, -0.05) is 18.7 Å². The van der Waals surface area contributed by atoms with Crippen LogP contribution in [0.3, 0.4) is 0 Å². The quantitative estimate of drug-likeness (QED) is 0.447. The van der Waals surface area contributed by atoms with Crippen LogP contribution in [0.15, 0.2) is 35.8 Å². The fourth-order valence-electron chi connectivity index (χ4n) is 0.913. The molecule has 0 atom stereocenters. The molecule has 0 aliphatic heterocycles. The van der Waals surface area contributed by atoms with Crippen LogP contribution in [0.1, 0.15) is 5.56 Å². The van der Waals surface area contributed by atoms with Gasteiger partial charge in [-0.3, -0.25) is 0 Å². The lowest BCUT2D eigenvalue weighted by Gasteiger charge is -1.99. The van der Waals surface area contributed by atoms with Gasteiger partial charge >= 0.3 is 5.97 Å². The molecule has 0 aliphatic rings. The summed E-state index contributed by atoms with van der Waals surface area (Å²) < 4.78 is 0. The molecule has 0 aliphatic carbocycles. The summed E-state index contributed by atoms with van der Waals surface area (Å²) in [6.45, 7) is 3.39. The van der Waals surface area contributed by atoms with E-state index in [1.54, 1.807) is 0 Å². The molecule has 0 amide bonds. The van der Waals surface area contributed by atoms with Crippen molar-refractivity contribution in [2.24, 2.45) is 4.99 Å². The van der Waals surface area contributed by atoms with Crippen molar-refractivity contribution in [1.29, 1.82) is 0 Å². The third-order valence-corrected chi connectivity index (χ3v) is 1.65. The van der Waals surface area contributed by atoms with Crippen LogP contribution >= 0.6 is 0 Å². The molecule has 0 unspecified atom stereocenters. The monoisotopic (exact) mass is 189 g/mol. The predicted octanol–water partition coefficient (Wildman–Crippen LogP) is 1.75. The molecule has 4 heteroatoms. The van der Waals surface area contributed by atoms with Crippen LogP contribution in [0.5, 0.6) is 0 Å². The Morgan fingerprint density at radius 2 is 1.93 bits per heavy atom. The lowest BCUT2D eigenvalue weighted by molar-refractivity contribution is -0.130. The second kappa shape index (κ2) is 4.16. The van der Waals surface area contributed by atoms with E-state index in [1.807, 2.05) is 0 Å². The summed E-state index contributed by atoms with van der Waals surface area (Å²) in [7, 11) is 0. The Kier molecular flexibility index (Phi) is 2.94. The summed E-state index contributed by atoms with van der Waals surface area (Å²) in [6, 6.07) is 6.11. The molecular weight excluding hydrogens is 182 g/mol. The lowest BCUT2D eigenvalue weighted by Crippen LogP contribution is -1.97. The first-order valence-electron chi connectivity index (χ1n) is 3.75. The highest BCUT2D eigenvalue weighted by Crippen LogP contribution is 2.17. The molecule has 70 valence electrons. The van der Waals surface area contributed by atoms with Gasteiger partial charge in [0.2, 0.25) is 6.08 Å². The Morgan fingerprint density at radius 3 is 2.36 bits per heavy atom. The minimum absolute atomic E-state index is 0.00614. The van der Waals surface area contributed by atoms with Gasteiger partial charge in [-0.2, -0.15) is 4.99 Å². The molecule has 1 N–H and O–H groups in total. The zero-order valence-corrected chi connectivity index (χ0v) is 7.23. The number of hydrogen-bond donors (Lipinski definition) is 1. The number of hydrogen-bond acceptors (Lipinski definition) is 3. The molecule has 14 heavy (non-hydrogen) atoms. The molecule has 0 radical (unpaired) electrons. The molecule has 0 saturated carbocycles. The highest BCUT2D eigenvalue weighted by atomic mass is 16.4. The van der Waals surface area contributed by atoms with E-state index in [4.69, 9.17) is 5.11 Å². The van der Waals surface area contributed by atoms with Crippen LogP contribution in [-0.2, 0) is 9.59 Å². The second-order valence-corrected chi connectivity index (χ2v) is 2.53. The van der Waals surface area contributed by atoms with Crippen LogP contribution in [0.2, 0.25) is 0 Å². The molecule has 0 fully saturated rings. The van der Waals surface area contributed by atoms with Crippen LogP contribution < -0.4 is 0 Å². The van der Waals surface area contributed by atoms with E-state index >= 15 is 0 Å². The normalized spacial score (nSPS) is 8.86. The topological polar surface area (TPSA) is 66.7 Å². The number of carboxylic acids is 1. The number of carboxylic acid groups (broad SMARTS) is 1. The van der Waals surface area contributed by atoms with Gasteiger partial charge < -0.3 is 5.11 Å². The van der Waals surface area contributed by atoms with Crippen molar-refractivity contribution in [1.82, 2.24) is 0 Å². The predicted molar refractivity (Wildman–Crippen MR) is 50.9 cm³/mol. The van der Waals surface area contributed by atoms with Crippen LogP contribution in [0.4, 0.5) is 5.69 Å². The Morgan fingerprint density at radius 1 is 1.36 bits per heavy atom. The molecule has 0 heterocycles. The van der Waals surface area contributed by atoms with Crippen molar-refractivity contribution >= 4 is 23.3 Å². The second-order valence-electron chi connectivity index (χ2n) is 2.53. The number of nitrogens with zero attached hydrogens (tertiary/aromatic N) is 1. The molecule has 1 rings (SSSR count). The van der Waals surface area contributed by atoms with Crippen molar-refractivity contribution in [3.63, 3.8) is 0 Å². The number of aliphatic imine (C=N–C) groups is 1. The first-order valence-corrected chi connectivity index (χ1v) is 3.75. The number of carbonyl (C=O) groups is 1. The maximum Gasteiger partial charge on any atom is 0.335 e. The van der Waals surface area contributed by atoms with Crippen molar-refractivity contribution in [3.05, 3.63) is 36.4 Å². The van der Waals surface area contributed by atoms with E-state index in [-0.39, 0.29) is 5.57 Å². The first kappa shape index (κ1) is 9.89. The third-order valence-electron chi connectivity index (χ3n) is 1.65. The number of rotatable bonds is 3. The van der Waals surface area contributed by atoms with Gasteiger partial charge in [0.15, 0.2) is 0 Å². The van der Waals surface area contributed by atoms with Crippen LogP contribution in [0, 0.1) is 0 Å². The maximum atomic E-state index is 10.5. The molecule has 4 nitrogen and oxygen atoms in total. The van der Waals surface area contributed by atoms with Crippen molar-refractivity contribution in [2.75, 3.05) is 0 Å². The average Bonchev–Trinajstić information content (AvgIpc) is 2.18. The van der Waals surface area contributed by atoms with Crippen molar-refractivity contribution in [3.8, 4) is 0 Å². The minimum Gasteiger partial charge on any atom is -0.478 e. The molecule has 0 spiro atoms. The van der Waals surface area contributed by atoms with E-state index in [9.17, 15) is 9.59 Å². The standard InChI is InChI=1S/C10H7NO3/c1-7(10(13)14)8-2-4-9(5-3-8)11-6-12/h2-5H,1H2,(H,13,14). The summed E-state index contributed by atoms with van der Waals surface area (Å²) in [5.41, 5.74) is 0.927. The van der Waals surface area contributed by atoms with E-state index in [2.05, 4.69) is 11.6 Å². The number of carbonyl (C=O) groups excluding carboxylic acids is 1. The summed E-state index contributed by atoms with van der Waals surface area (Å²) >= 11 is 0. The highest BCUT2D eigenvalue weighted by molar-refractivity contribution is 6.14. The largest absolute Gasteiger partial charge is 0.478 e. The molecule has 1 aromatic carbocycles. The number of isocyanates is 1. The van der Waals surface area contributed by atoms with Gasteiger partial charge in [0.1, 0.15) is 0 Å². The molecule has 0 aromatic heterocycles. The average molecular weight is 189 g/mol. The fraction of sp³-hybridized carbons (Fsp3) is 0. The number of benzene rings is 1. The Bertz CT molecular complexity index is 413. The van der Waals surface area contributed by atoms with Gasteiger partial charge in [-0.05, 0) is 17.7 Å². The molecule has 0 bridgehead atoms. The van der Waals surface area contributed by atoms with Gasteiger partial charge in [0.05, 0.1) is 11.3 Å². The van der Waals surface area contributed by atoms with E-state index < -0.39 is 5.97 Å². The third kappa shape index (κ3) is 2.15. The Balaban J connectivity index is 2.99. The van der Waals surface area contributed by atoms with E-state index in [0.29, 0.717) is 11.3 Å². The zero-order valence-electron chi connectivity index (χ0n) is 7.23. The fourth-order valence-corrected chi connectivity index (χ4v) is 0.913. The summed E-state index contributed by atoms with van der Waals surface area (Å²) in [5.74, 6) is -1.07. The lowest BCUT2D eigenvalue weighted by atomic mass is 10.1. The van der Waals surface area contributed by atoms with Crippen molar-refractivity contribution < 1.29 is 14.7 Å². The Hall–Kier alpha value is -2.19. The van der Waals surface area contributed by atoms with Gasteiger partial charge in [-0.15, -0.1) is 0 Å². The van der Waals surface area contributed by atoms with Crippen LogP contribution in [0.25, 0.3) is 5.57 Å². The van der Waals surface area contributed by atoms with E-state index in [1.165, 1.54) is 30.3 Å². The molecule has 1 aromatic rings. The first-order chi connectivity index (χ1) is 6.65. The smallest absolute Gasteiger partial charge is 0.335 e. The Labute approximate surface area is 80.2 Å². The number of aliphatic carboxylic acids is 1. The maximum absolute atomic E-state index is 10.5. The molecule has 0 saturated heterocycles. The summed E-state index contributed by atoms with van der Waals surface area (Å²) in [5, 5.41) is 8.62. The summed E-state index contributed by atoms with van der Waals surface area (Å²) in [6.07, 6.45) is 1.39. The van der Waals surface area contributed by atoms with Crippen LogP contribution in [-0.4, -0.2) is 17.2 Å². The van der Waals surface area contributed by atoms with Gasteiger partial charge in [-0.25, -0.2) is 9.59 Å². The SMILES string of the molecule is C=C(C(=O)O)c1ccc(N=C=O)cc1. The summed E-state index contributed by atoms with van der Waals surface area (Å²) in [4.78, 5) is 23.8. The van der Waals surface area contributed by atoms with Crippen molar-refractivity contribution in [2.45, 2.75) is 0 Å². The minimum atomic E-state index is -1.07. The molecular formula is C10H7NO3. The van der Waals surface area contributed by atoms with Gasteiger partial charge in [0, 0.05) is 0 Å². The van der Waals surface area contributed by atoms with Gasteiger partial charge in [0.25, 0.3) is 0 Å². The zero-order chi connectivity index (χ0) is 10.6.